The number of nitrogens with one attached hydrogen (secondary N) is 1. The third kappa shape index (κ3) is 10.6. The highest BCUT2D eigenvalue weighted by atomic mass is 32.2. The molecule has 0 fully saturated rings. The first-order valence-corrected chi connectivity index (χ1v) is 16.6. The van der Waals surface area contributed by atoms with Crippen molar-refractivity contribution in [3.63, 3.8) is 0 Å². The van der Waals surface area contributed by atoms with Gasteiger partial charge < -0.3 is 19.5 Å². The first-order chi connectivity index (χ1) is 20.6. The number of benzene rings is 2. The summed E-state index contributed by atoms with van der Waals surface area (Å²) in [5.74, 6) is -0.302. The molecule has 1 heterocycles. The van der Waals surface area contributed by atoms with E-state index in [1.165, 1.54) is 18.2 Å². The molecule has 44 heavy (non-hydrogen) atoms. The number of fused-ring (bicyclic) bond motifs is 1. The normalized spacial score (nSPS) is 21.7. The Hall–Kier alpha value is -2.87. The van der Waals surface area contributed by atoms with Gasteiger partial charge in [0.05, 0.1) is 42.2 Å². The molecule has 2 N–H and O–H groups in total. The number of likely N-dealkylation sites (N-methyl/N-ethyl adjacent to an activating group) is 1. The lowest BCUT2D eigenvalue weighted by Gasteiger charge is -2.36. The molecule has 1 aliphatic rings. The summed E-state index contributed by atoms with van der Waals surface area (Å²) in [6.45, 7) is 6.84. The van der Waals surface area contributed by atoms with Gasteiger partial charge in [0.2, 0.25) is 10.0 Å². The van der Waals surface area contributed by atoms with Crippen LogP contribution >= 0.6 is 0 Å². The third-order valence-electron chi connectivity index (χ3n) is 7.58. The van der Waals surface area contributed by atoms with Crippen LogP contribution in [0.4, 0.5) is 18.9 Å². The average molecular weight is 644 g/mol. The zero-order valence-corrected chi connectivity index (χ0v) is 26.7. The topological polar surface area (TPSA) is 108 Å². The Morgan fingerprint density at radius 1 is 1.14 bits per heavy atom. The fourth-order valence-corrected chi connectivity index (χ4v) is 5.70. The van der Waals surface area contributed by atoms with Crippen LogP contribution in [0.25, 0.3) is 0 Å². The lowest BCUT2D eigenvalue weighted by atomic mass is 10.0. The van der Waals surface area contributed by atoms with Crippen LogP contribution in [0.3, 0.4) is 0 Å². The first-order valence-electron chi connectivity index (χ1n) is 14.7. The van der Waals surface area contributed by atoms with Crippen LogP contribution in [0, 0.1) is 5.92 Å². The largest absolute Gasteiger partial charge is 0.490 e. The van der Waals surface area contributed by atoms with Gasteiger partial charge >= 0.3 is 6.18 Å². The highest BCUT2D eigenvalue weighted by molar-refractivity contribution is 7.92. The van der Waals surface area contributed by atoms with Crippen LogP contribution in [0.5, 0.6) is 5.75 Å². The molecule has 13 heteroatoms. The van der Waals surface area contributed by atoms with Crippen molar-refractivity contribution in [1.29, 1.82) is 0 Å². The fourth-order valence-electron chi connectivity index (χ4n) is 5.15. The number of hydrogen-bond donors (Lipinski definition) is 2. The van der Waals surface area contributed by atoms with Gasteiger partial charge in [-0.1, -0.05) is 19.1 Å². The molecule has 0 radical (unpaired) electrons. The number of halogens is 3. The molecular weight excluding hydrogens is 599 g/mol. The van der Waals surface area contributed by atoms with E-state index >= 15 is 0 Å². The second-order valence-corrected chi connectivity index (χ2v) is 13.5. The van der Waals surface area contributed by atoms with E-state index in [4.69, 9.17) is 9.47 Å². The Bertz CT molecular complexity index is 1340. The molecule has 0 saturated heterocycles. The number of aliphatic hydroxyl groups is 1. The number of anilines is 1. The SMILES string of the molecule is C[C@H](CO)N1C[C@H](C)[C@@H](CN(C)Cc2ccc(C(F)(F)F)cc2)OCCCC[C@H](C)Oc2ccc(NS(C)(=O)=O)cc2C1=O. The van der Waals surface area contributed by atoms with Crippen LogP contribution in [0.2, 0.25) is 0 Å². The molecule has 0 bridgehead atoms. The third-order valence-corrected chi connectivity index (χ3v) is 8.19. The lowest BCUT2D eigenvalue weighted by molar-refractivity contribution is -0.137. The Balaban J connectivity index is 1.88. The second-order valence-electron chi connectivity index (χ2n) is 11.8. The molecular formula is C31H44F3N3O6S. The summed E-state index contributed by atoms with van der Waals surface area (Å²) in [6, 6.07) is 9.08. The minimum absolute atomic E-state index is 0.173. The van der Waals surface area contributed by atoms with Gasteiger partial charge in [-0.2, -0.15) is 13.2 Å². The summed E-state index contributed by atoms with van der Waals surface area (Å²) in [4.78, 5) is 17.6. The zero-order valence-electron chi connectivity index (χ0n) is 25.9. The summed E-state index contributed by atoms with van der Waals surface area (Å²) in [6.07, 6.45) is -1.64. The summed E-state index contributed by atoms with van der Waals surface area (Å²) < 4.78 is 77.7. The van der Waals surface area contributed by atoms with Crippen molar-refractivity contribution in [2.75, 3.05) is 44.3 Å². The van der Waals surface area contributed by atoms with Crippen molar-refractivity contribution < 1.29 is 41.0 Å². The van der Waals surface area contributed by atoms with E-state index in [0.717, 1.165) is 36.8 Å². The lowest BCUT2D eigenvalue weighted by Crippen LogP contribution is -2.47. The van der Waals surface area contributed by atoms with Crippen molar-refractivity contribution >= 4 is 21.6 Å². The van der Waals surface area contributed by atoms with Gasteiger partial charge in [-0.25, -0.2) is 8.42 Å². The van der Waals surface area contributed by atoms with Gasteiger partial charge in [0.25, 0.3) is 5.91 Å². The van der Waals surface area contributed by atoms with Crippen molar-refractivity contribution in [2.24, 2.45) is 5.92 Å². The number of nitrogens with zero attached hydrogens (tertiary/aromatic N) is 2. The van der Waals surface area contributed by atoms with Gasteiger partial charge in [-0.05, 0) is 76.1 Å². The number of alkyl halides is 3. The van der Waals surface area contributed by atoms with Crippen LogP contribution in [0.1, 0.15) is 61.5 Å². The monoisotopic (exact) mass is 643 g/mol. The number of amides is 1. The van der Waals surface area contributed by atoms with E-state index in [2.05, 4.69) is 4.72 Å². The van der Waals surface area contributed by atoms with Crippen molar-refractivity contribution in [3.8, 4) is 5.75 Å². The van der Waals surface area contributed by atoms with E-state index < -0.39 is 33.7 Å². The maximum Gasteiger partial charge on any atom is 0.416 e. The van der Waals surface area contributed by atoms with Gasteiger partial charge in [-0.15, -0.1) is 0 Å². The quantitative estimate of drug-likeness (QED) is 0.417. The molecule has 0 saturated carbocycles. The Morgan fingerprint density at radius 2 is 1.82 bits per heavy atom. The Labute approximate surface area is 258 Å². The predicted octanol–water partition coefficient (Wildman–Crippen LogP) is 5.00. The summed E-state index contributed by atoms with van der Waals surface area (Å²) >= 11 is 0. The molecule has 1 aliphatic heterocycles. The van der Waals surface area contributed by atoms with Gasteiger partial charge in [-0.3, -0.25) is 14.4 Å². The van der Waals surface area contributed by atoms with E-state index in [1.807, 2.05) is 25.8 Å². The first kappa shape index (κ1) is 35.6. The summed E-state index contributed by atoms with van der Waals surface area (Å²) in [5.41, 5.74) is 0.415. The molecule has 0 aliphatic carbocycles. The van der Waals surface area contributed by atoms with Crippen LogP contribution in [0.15, 0.2) is 42.5 Å². The molecule has 246 valence electrons. The minimum Gasteiger partial charge on any atom is -0.490 e. The fraction of sp³-hybridized carbons (Fsp3) is 0.581. The molecule has 0 unspecified atom stereocenters. The predicted molar refractivity (Wildman–Crippen MR) is 163 cm³/mol. The summed E-state index contributed by atoms with van der Waals surface area (Å²) in [5, 5.41) is 10.1. The van der Waals surface area contributed by atoms with Crippen LogP contribution in [-0.2, 0) is 27.5 Å². The van der Waals surface area contributed by atoms with E-state index in [0.29, 0.717) is 31.9 Å². The number of hydrogen-bond acceptors (Lipinski definition) is 7. The molecule has 4 atom stereocenters. The number of rotatable bonds is 8. The molecule has 0 spiro atoms. The van der Waals surface area contributed by atoms with Crippen LogP contribution < -0.4 is 9.46 Å². The number of aliphatic hydroxyl groups excluding tert-OH is 1. The van der Waals surface area contributed by atoms with Crippen molar-refractivity contribution in [3.05, 3.63) is 59.2 Å². The van der Waals surface area contributed by atoms with E-state index in [-0.39, 0.29) is 42.5 Å². The number of sulfonamides is 1. The molecule has 9 nitrogen and oxygen atoms in total. The van der Waals surface area contributed by atoms with Gasteiger partial charge in [0.15, 0.2) is 0 Å². The van der Waals surface area contributed by atoms with Crippen LogP contribution in [-0.4, -0.2) is 87.1 Å². The number of ether oxygens (including phenoxy) is 2. The minimum atomic E-state index is -4.40. The maximum absolute atomic E-state index is 14.1. The van der Waals surface area contributed by atoms with E-state index in [9.17, 15) is 31.5 Å². The highest BCUT2D eigenvalue weighted by Gasteiger charge is 2.31. The Morgan fingerprint density at radius 3 is 2.43 bits per heavy atom. The zero-order chi connectivity index (χ0) is 32.7. The molecule has 0 aromatic heterocycles. The number of carbonyl (C=O) groups excluding carboxylic acids is 1. The Kier molecular flexibility index (Phi) is 12.5. The molecule has 2 aromatic rings. The molecule has 3 rings (SSSR count). The smallest absolute Gasteiger partial charge is 0.416 e. The number of carbonyl (C=O) groups is 1. The standard InChI is InChI=1S/C31H44F3N3O6S/c1-21-17-37(22(2)20-38)30(39)27-16-26(35-44(5,40)41)13-14-28(27)43-23(3)8-6-7-15-42-29(21)19-36(4)18-24-9-11-25(12-10-24)31(32,33)34/h9-14,16,21-23,29,35,38H,6-8,15,17-20H2,1-5H3/t21-,22+,23-,29+/m0/s1. The summed E-state index contributed by atoms with van der Waals surface area (Å²) in [7, 11) is -1.74. The van der Waals surface area contributed by atoms with Gasteiger partial charge in [0.1, 0.15) is 5.75 Å². The maximum atomic E-state index is 14.1. The molecule has 2 aromatic carbocycles. The van der Waals surface area contributed by atoms with Crippen molar-refractivity contribution in [2.45, 2.75) is 71.0 Å². The van der Waals surface area contributed by atoms with Crippen molar-refractivity contribution in [1.82, 2.24) is 9.80 Å². The highest BCUT2D eigenvalue weighted by Crippen LogP contribution is 2.30. The molecule has 1 amide bonds. The van der Waals surface area contributed by atoms with E-state index in [1.54, 1.807) is 24.0 Å². The average Bonchev–Trinajstić information content (AvgIpc) is 2.93. The van der Waals surface area contributed by atoms with Gasteiger partial charge in [0, 0.05) is 37.8 Å². The second kappa shape index (κ2) is 15.4.